The first-order chi connectivity index (χ1) is 13.7. The van der Waals surface area contributed by atoms with Crippen LogP contribution in [0.4, 0.5) is 10.6 Å². The molecule has 1 amide bonds. The lowest BCUT2D eigenvalue weighted by molar-refractivity contribution is 0.155. The molecule has 0 radical (unpaired) electrons. The lowest BCUT2D eigenvalue weighted by Crippen LogP contribution is -2.37. The van der Waals surface area contributed by atoms with E-state index in [1.54, 1.807) is 17.0 Å². The number of para-hydroxylation sites is 1. The zero-order valence-electron chi connectivity index (χ0n) is 16.4. The summed E-state index contributed by atoms with van der Waals surface area (Å²) >= 11 is 0. The molecule has 3 rings (SSSR count). The van der Waals surface area contributed by atoms with Crippen LogP contribution in [0.2, 0.25) is 0 Å². The summed E-state index contributed by atoms with van der Waals surface area (Å²) in [6, 6.07) is 11.4. The van der Waals surface area contributed by atoms with Gasteiger partial charge in [0.15, 0.2) is 5.82 Å². The molecule has 1 saturated heterocycles. The molecule has 146 valence electrons. The summed E-state index contributed by atoms with van der Waals surface area (Å²) in [6.45, 7) is 6.46. The molecule has 2 aromatic rings. The molecule has 1 aromatic heterocycles. The van der Waals surface area contributed by atoms with E-state index in [0.717, 1.165) is 30.5 Å². The lowest BCUT2D eigenvalue weighted by atomic mass is 10.0. The van der Waals surface area contributed by atoms with Gasteiger partial charge in [-0.1, -0.05) is 32.0 Å². The molecule has 28 heavy (non-hydrogen) atoms. The molecule has 0 aliphatic carbocycles. The SMILES string of the molecule is CCc1nnc(N2CCCN(C(=O)Oc3ccccc3)CC2)c(C#N)c1CC. The van der Waals surface area contributed by atoms with Gasteiger partial charge in [0.25, 0.3) is 0 Å². The minimum Gasteiger partial charge on any atom is -0.410 e. The number of rotatable bonds is 4. The first kappa shape index (κ1) is 19.6. The van der Waals surface area contributed by atoms with E-state index in [1.807, 2.05) is 32.0 Å². The number of anilines is 1. The van der Waals surface area contributed by atoms with E-state index in [0.29, 0.717) is 43.3 Å². The third kappa shape index (κ3) is 4.22. The Hall–Kier alpha value is -3.14. The van der Waals surface area contributed by atoms with E-state index in [-0.39, 0.29) is 6.09 Å². The smallest absolute Gasteiger partial charge is 0.410 e. The molecule has 0 saturated carbocycles. The van der Waals surface area contributed by atoms with Crippen LogP contribution in [0.15, 0.2) is 30.3 Å². The highest BCUT2D eigenvalue weighted by Gasteiger charge is 2.24. The highest BCUT2D eigenvalue weighted by Crippen LogP contribution is 2.24. The maximum Gasteiger partial charge on any atom is 0.415 e. The fourth-order valence-electron chi connectivity index (χ4n) is 3.47. The van der Waals surface area contributed by atoms with Gasteiger partial charge in [-0.3, -0.25) is 0 Å². The van der Waals surface area contributed by atoms with Crippen LogP contribution >= 0.6 is 0 Å². The second-order valence-corrected chi connectivity index (χ2v) is 6.65. The third-order valence-corrected chi connectivity index (χ3v) is 4.94. The number of amides is 1. The number of aromatic nitrogens is 2. The van der Waals surface area contributed by atoms with Gasteiger partial charge in [0.2, 0.25) is 0 Å². The number of benzene rings is 1. The third-order valence-electron chi connectivity index (χ3n) is 4.94. The van der Waals surface area contributed by atoms with Crippen molar-refractivity contribution >= 4 is 11.9 Å². The van der Waals surface area contributed by atoms with E-state index in [9.17, 15) is 10.1 Å². The van der Waals surface area contributed by atoms with E-state index in [2.05, 4.69) is 21.2 Å². The summed E-state index contributed by atoms with van der Waals surface area (Å²) < 4.78 is 5.45. The van der Waals surface area contributed by atoms with E-state index < -0.39 is 0 Å². The van der Waals surface area contributed by atoms with E-state index in [1.165, 1.54) is 0 Å². The second kappa shape index (κ2) is 9.18. The summed E-state index contributed by atoms with van der Waals surface area (Å²) in [6.07, 6.45) is 1.92. The van der Waals surface area contributed by atoms with Crippen molar-refractivity contribution in [1.29, 1.82) is 5.26 Å². The Morgan fingerprint density at radius 1 is 1.11 bits per heavy atom. The number of nitrogens with zero attached hydrogens (tertiary/aromatic N) is 5. The van der Waals surface area contributed by atoms with Crippen molar-refractivity contribution in [2.75, 3.05) is 31.1 Å². The van der Waals surface area contributed by atoms with Crippen LogP contribution in [0.1, 0.15) is 37.1 Å². The van der Waals surface area contributed by atoms with E-state index >= 15 is 0 Å². The monoisotopic (exact) mass is 379 g/mol. The fourth-order valence-corrected chi connectivity index (χ4v) is 3.47. The topological polar surface area (TPSA) is 82.3 Å². The Morgan fingerprint density at radius 2 is 1.89 bits per heavy atom. The Bertz CT molecular complexity index is 863. The zero-order valence-corrected chi connectivity index (χ0v) is 16.4. The van der Waals surface area contributed by atoms with Crippen molar-refractivity contribution in [1.82, 2.24) is 15.1 Å². The van der Waals surface area contributed by atoms with Gasteiger partial charge < -0.3 is 14.5 Å². The Balaban J connectivity index is 1.73. The van der Waals surface area contributed by atoms with Crippen LogP contribution in [-0.2, 0) is 12.8 Å². The molecule has 0 bridgehead atoms. The summed E-state index contributed by atoms with van der Waals surface area (Å²) in [7, 11) is 0. The summed E-state index contributed by atoms with van der Waals surface area (Å²) in [5.41, 5.74) is 2.46. The number of carbonyl (C=O) groups excluding carboxylic acids is 1. The molecular weight excluding hydrogens is 354 g/mol. The van der Waals surface area contributed by atoms with Crippen LogP contribution in [0, 0.1) is 11.3 Å². The highest BCUT2D eigenvalue weighted by molar-refractivity contribution is 5.71. The predicted octanol–water partition coefficient (Wildman–Crippen LogP) is 3.18. The Morgan fingerprint density at radius 3 is 2.57 bits per heavy atom. The van der Waals surface area contributed by atoms with Crippen molar-refractivity contribution in [3.8, 4) is 11.8 Å². The predicted molar refractivity (Wildman–Crippen MR) is 106 cm³/mol. The van der Waals surface area contributed by atoms with Gasteiger partial charge in [-0.2, -0.15) is 10.4 Å². The van der Waals surface area contributed by atoms with Crippen LogP contribution < -0.4 is 9.64 Å². The fraction of sp³-hybridized carbons (Fsp3) is 0.429. The van der Waals surface area contributed by atoms with Crippen molar-refractivity contribution < 1.29 is 9.53 Å². The lowest BCUT2D eigenvalue weighted by Gasteiger charge is -2.24. The molecular formula is C21H25N5O2. The number of aryl methyl sites for hydroxylation is 1. The summed E-state index contributed by atoms with van der Waals surface area (Å²) in [4.78, 5) is 16.2. The number of nitriles is 1. The van der Waals surface area contributed by atoms with Gasteiger partial charge in [0, 0.05) is 26.2 Å². The Labute approximate surface area is 165 Å². The molecule has 0 atom stereocenters. The molecule has 2 heterocycles. The van der Waals surface area contributed by atoms with Crippen molar-refractivity contribution in [3.05, 3.63) is 47.2 Å². The van der Waals surface area contributed by atoms with Crippen LogP contribution in [-0.4, -0.2) is 47.4 Å². The van der Waals surface area contributed by atoms with Crippen molar-refractivity contribution in [2.24, 2.45) is 0 Å². The average molecular weight is 379 g/mol. The van der Waals surface area contributed by atoms with Crippen molar-refractivity contribution in [3.63, 3.8) is 0 Å². The first-order valence-corrected chi connectivity index (χ1v) is 9.73. The second-order valence-electron chi connectivity index (χ2n) is 6.65. The van der Waals surface area contributed by atoms with Gasteiger partial charge in [0.05, 0.1) is 5.69 Å². The zero-order chi connectivity index (χ0) is 19.9. The van der Waals surface area contributed by atoms with Gasteiger partial charge in [0.1, 0.15) is 17.4 Å². The standard InChI is InChI=1S/C21H25N5O2/c1-3-17-18(15-22)20(24-23-19(17)4-2)25-11-8-12-26(14-13-25)21(27)28-16-9-6-5-7-10-16/h5-7,9-10H,3-4,8,11-14H2,1-2H3. The first-order valence-electron chi connectivity index (χ1n) is 9.73. The van der Waals surface area contributed by atoms with E-state index in [4.69, 9.17) is 4.74 Å². The van der Waals surface area contributed by atoms with Crippen LogP contribution in [0.5, 0.6) is 5.75 Å². The summed E-state index contributed by atoms with van der Waals surface area (Å²) in [5.74, 6) is 1.16. The van der Waals surface area contributed by atoms with Crippen LogP contribution in [0.25, 0.3) is 0 Å². The molecule has 0 spiro atoms. The number of hydrogen-bond donors (Lipinski definition) is 0. The molecule has 7 nitrogen and oxygen atoms in total. The maximum atomic E-state index is 12.5. The van der Waals surface area contributed by atoms with Gasteiger partial charge in [-0.05, 0) is 37.0 Å². The van der Waals surface area contributed by atoms with Crippen molar-refractivity contribution in [2.45, 2.75) is 33.1 Å². The molecule has 1 aliphatic rings. The van der Waals surface area contributed by atoms with Gasteiger partial charge in [-0.25, -0.2) is 4.79 Å². The average Bonchev–Trinajstić information content (AvgIpc) is 2.99. The number of ether oxygens (including phenoxy) is 1. The van der Waals surface area contributed by atoms with Gasteiger partial charge in [-0.15, -0.1) is 5.10 Å². The molecule has 1 fully saturated rings. The van der Waals surface area contributed by atoms with Crippen LogP contribution in [0.3, 0.4) is 0 Å². The molecule has 1 aliphatic heterocycles. The molecule has 0 unspecified atom stereocenters. The summed E-state index contributed by atoms with van der Waals surface area (Å²) in [5, 5.41) is 18.4. The van der Waals surface area contributed by atoms with Gasteiger partial charge >= 0.3 is 6.09 Å². The Kier molecular flexibility index (Phi) is 6.43. The maximum absolute atomic E-state index is 12.5. The normalized spacial score (nSPS) is 14.3. The number of carbonyl (C=O) groups is 1. The largest absolute Gasteiger partial charge is 0.415 e. The molecule has 0 N–H and O–H groups in total. The minimum atomic E-state index is -0.352. The number of hydrogen-bond acceptors (Lipinski definition) is 6. The quantitative estimate of drug-likeness (QED) is 0.811. The molecule has 7 heteroatoms. The highest BCUT2D eigenvalue weighted by atomic mass is 16.6. The molecule has 1 aromatic carbocycles. The minimum absolute atomic E-state index is 0.352.